The smallest absolute Gasteiger partial charge is 0.0238 e. The van der Waals surface area contributed by atoms with Gasteiger partial charge in [0.1, 0.15) is 0 Å². The van der Waals surface area contributed by atoms with Crippen molar-refractivity contribution in [3.63, 3.8) is 0 Å². The van der Waals surface area contributed by atoms with Crippen molar-refractivity contribution in [3.05, 3.63) is 23.3 Å². The summed E-state index contributed by atoms with van der Waals surface area (Å²) in [6.45, 7) is 9.31. The number of nitrogens with zero attached hydrogens (tertiary/aromatic N) is 1. The predicted octanol–water partition coefficient (Wildman–Crippen LogP) is 2.75. The monoisotopic (exact) mass is 177 g/mol. The van der Waals surface area contributed by atoms with Gasteiger partial charge in [0.25, 0.3) is 0 Å². The van der Waals surface area contributed by atoms with Gasteiger partial charge >= 0.3 is 0 Å². The van der Waals surface area contributed by atoms with Crippen LogP contribution in [-0.2, 0) is 0 Å². The SMILES string of the molecule is CC(C)(C)N1CCC2=C(C=CC2)C1. The van der Waals surface area contributed by atoms with Gasteiger partial charge in [-0.05, 0) is 39.2 Å². The van der Waals surface area contributed by atoms with Gasteiger partial charge in [-0.15, -0.1) is 0 Å². The van der Waals surface area contributed by atoms with Crippen LogP contribution in [0.4, 0.5) is 0 Å². The van der Waals surface area contributed by atoms with E-state index in [0.29, 0.717) is 5.54 Å². The Morgan fingerprint density at radius 1 is 1.31 bits per heavy atom. The molecule has 0 atom stereocenters. The molecule has 2 rings (SSSR count). The highest BCUT2D eigenvalue weighted by Crippen LogP contribution is 2.30. The lowest BCUT2D eigenvalue weighted by molar-refractivity contribution is 0.146. The fourth-order valence-electron chi connectivity index (χ4n) is 2.15. The fourth-order valence-corrected chi connectivity index (χ4v) is 2.15. The van der Waals surface area contributed by atoms with E-state index < -0.39 is 0 Å². The van der Waals surface area contributed by atoms with Crippen molar-refractivity contribution in [1.82, 2.24) is 4.90 Å². The summed E-state index contributed by atoms with van der Waals surface area (Å²) in [5, 5.41) is 0. The van der Waals surface area contributed by atoms with Crippen LogP contribution in [-0.4, -0.2) is 23.5 Å². The van der Waals surface area contributed by atoms with Crippen molar-refractivity contribution in [3.8, 4) is 0 Å². The number of hydrogen-bond donors (Lipinski definition) is 0. The summed E-state index contributed by atoms with van der Waals surface area (Å²) in [5.74, 6) is 0. The van der Waals surface area contributed by atoms with E-state index in [1.54, 1.807) is 11.1 Å². The van der Waals surface area contributed by atoms with E-state index in [0.717, 1.165) is 6.54 Å². The van der Waals surface area contributed by atoms with Gasteiger partial charge in [0.2, 0.25) is 0 Å². The van der Waals surface area contributed by atoms with Gasteiger partial charge in [-0.2, -0.15) is 0 Å². The summed E-state index contributed by atoms with van der Waals surface area (Å²) in [6, 6.07) is 0. The molecule has 1 heterocycles. The number of hydrogen-bond acceptors (Lipinski definition) is 1. The highest BCUT2D eigenvalue weighted by Gasteiger charge is 2.26. The lowest BCUT2D eigenvalue weighted by atomic mass is 9.97. The van der Waals surface area contributed by atoms with E-state index in [1.165, 1.54) is 19.4 Å². The maximum atomic E-state index is 2.57. The van der Waals surface area contributed by atoms with Crippen LogP contribution in [0.3, 0.4) is 0 Å². The molecule has 0 saturated heterocycles. The summed E-state index contributed by atoms with van der Waals surface area (Å²) >= 11 is 0. The van der Waals surface area contributed by atoms with Crippen LogP contribution in [0.5, 0.6) is 0 Å². The maximum Gasteiger partial charge on any atom is 0.0238 e. The molecule has 72 valence electrons. The molecule has 0 N–H and O–H groups in total. The summed E-state index contributed by atoms with van der Waals surface area (Å²) in [5.41, 5.74) is 3.59. The van der Waals surface area contributed by atoms with E-state index in [4.69, 9.17) is 0 Å². The van der Waals surface area contributed by atoms with Crippen molar-refractivity contribution in [1.29, 1.82) is 0 Å². The Bertz CT molecular complexity index is 265. The third-order valence-electron chi connectivity index (χ3n) is 3.13. The second kappa shape index (κ2) is 2.98. The zero-order valence-corrected chi connectivity index (χ0v) is 8.93. The highest BCUT2D eigenvalue weighted by molar-refractivity contribution is 5.36. The molecule has 0 fully saturated rings. The average Bonchev–Trinajstić information content (AvgIpc) is 2.47. The summed E-state index contributed by atoms with van der Waals surface area (Å²) in [4.78, 5) is 2.57. The Labute approximate surface area is 81.1 Å². The van der Waals surface area contributed by atoms with E-state index in [2.05, 4.69) is 37.8 Å². The van der Waals surface area contributed by atoms with Gasteiger partial charge < -0.3 is 0 Å². The Hall–Kier alpha value is -0.560. The van der Waals surface area contributed by atoms with Gasteiger partial charge in [0.05, 0.1) is 0 Å². The Kier molecular flexibility index (Phi) is 2.07. The van der Waals surface area contributed by atoms with E-state index in [1.807, 2.05) is 0 Å². The molecular weight excluding hydrogens is 158 g/mol. The first kappa shape index (κ1) is 9.01. The van der Waals surface area contributed by atoms with Gasteiger partial charge in [0, 0.05) is 18.6 Å². The minimum absolute atomic E-state index is 0.328. The molecular formula is C12H19N. The molecule has 0 aromatic carbocycles. The summed E-state index contributed by atoms with van der Waals surface area (Å²) in [7, 11) is 0. The number of allylic oxidation sites excluding steroid dienone is 1. The first-order valence-corrected chi connectivity index (χ1v) is 5.20. The molecule has 1 heteroatoms. The van der Waals surface area contributed by atoms with Crippen molar-refractivity contribution < 1.29 is 0 Å². The predicted molar refractivity (Wildman–Crippen MR) is 56.7 cm³/mol. The van der Waals surface area contributed by atoms with Crippen LogP contribution in [0.1, 0.15) is 33.6 Å². The van der Waals surface area contributed by atoms with Crippen LogP contribution in [0.2, 0.25) is 0 Å². The van der Waals surface area contributed by atoms with Crippen molar-refractivity contribution in [2.45, 2.75) is 39.2 Å². The zero-order valence-electron chi connectivity index (χ0n) is 8.93. The van der Waals surface area contributed by atoms with Crippen LogP contribution in [0, 0.1) is 0 Å². The van der Waals surface area contributed by atoms with Crippen LogP contribution < -0.4 is 0 Å². The molecule has 0 bridgehead atoms. The third-order valence-corrected chi connectivity index (χ3v) is 3.13. The molecule has 1 aliphatic heterocycles. The maximum absolute atomic E-state index is 2.57. The van der Waals surface area contributed by atoms with Crippen molar-refractivity contribution in [2.75, 3.05) is 13.1 Å². The quantitative estimate of drug-likeness (QED) is 0.550. The van der Waals surface area contributed by atoms with Crippen LogP contribution in [0.15, 0.2) is 23.3 Å². The van der Waals surface area contributed by atoms with Gasteiger partial charge in [0.15, 0.2) is 0 Å². The van der Waals surface area contributed by atoms with Gasteiger partial charge in [-0.3, -0.25) is 4.90 Å². The van der Waals surface area contributed by atoms with E-state index >= 15 is 0 Å². The lowest BCUT2D eigenvalue weighted by Crippen LogP contribution is -2.44. The molecule has 0 unspecified atom stereocenters. The minimum Gasteiger partial charge on any atom is -0.294 e. The largest absolute Gasteiger partial charge is 0.294 e. The fraction of sp³-hybridized carbons (Fsp3) is 0.667. The molecule has 0 spiro atoms. The second-order valence-corrected chi connectivity index (χ2v) is 5.08. The summed E-state index contributed by atoms with van der Waals surface area (Å²) < 4.78 is 0. The Morgan fingerprint density at radius 3 is 2.77 bits per heavy atom. The molecule has 0 aromatic heterocycles. The van der Waals surface area contributed by atoms with E-state index in [9.17, 15) is 0 Å². The molecule has 1 nitrogen and oxygen atoms in total. The Balaban J connectivity index is 2.11. The molecule has 1 aliphatic carbocycles. The zero-order chi connectivity index (χ0) is 9.47. The topological polar surface area (TPSA) is 3.24 Å². The second-order valence-electron chi connectivity index (χ2n) is 5.08. The van der Waals surface area contributed by atoms with Crippen molar-refractivity contribution >= 4 is 0 Å². The van der Waals surface area contributed by atoms with Gasteiger partial charge in [-0.25, -0.2) is 0 Å². The average molecular weight is 177 g/mol. The summed E-state index contributed by atoms with van der Waals surface area (Å²) in [6.07, 6.45) is 7.11. The van der Waals surface area contributed by atoms with Crippen molar-refractivity contribution in [2.24, 2.45) is 0 Å². The first-order chi connectivity index (χ1) is 6.07. The molecule has 0 amide bonds. The van der Waals surface area contributed by atoms with E-state index in [-0.39, 0.29) is 0 Å². The van der Waals surface area contributed by atoms with Crippen LogP contribution in [0.25, 0.3) is 0 Å². The standard InChI is InChI=1S/C12H19N/c1-12(2,3)13-8-7-10-5-4-6-11(10)9-13/h4,6H,5,7-9H2,1-3H3. The molecule has 0 aromatic rings. The highest BCUT2D eigenvalue weighted by atomic mass is 15.2. The van der Waals surface area contributed by atoms with Gasteiger partial charge in [-0.1, -0.05) is 17.7 Å². The van der Waals surface area contributed by atoms with Crippen LogP contribution >= 0.6 is 0 Å². The lowest BCUT2D eigenvalue weighted by Gasteiger charge is -2.38. The normalized spacial score (nSPS) is 23.9. The minimum atomic E-state index is 0.328. The third kappa shape index (κ3) is 1.71. The molecule has 0 saturated carbocycles. The Morgan fingerprint density at radius 2 is 2.08 bits per heavy atom. The first-order valence-electron chi connectivity index (χ1n) is 5.20. The number of rotatable bonds is 0. The molecule has 13 heavy (non-hydrogen) atoms. The molecule has 0 radical (unpaired) electrons. The molecule has 2 aliphatic rings.